The summed E-state index contributed by atoms with van der Waals surface area (Å²) in [5.74, 6) is 0.327. The normalized spacial score (nSPS) is 27.7. The van der Waals surface area contributed by atoms with Crippen molar-refractivity contribution in [2.75, 3.05) is 37.6 Å². The fourth-order valence-corrected chi connectivity index (χ4v) is 4.96. The molecule has 6 heteroatoms. The molecule has 3 fully saturated rings. The number of piperidine rings is 1. The van der Waals surface area contributed by atoms with Crippen LogP contribution in [0.1, 0.15) is 32.1 Å². The van der Waals surface area contributed by atoms with Crippen LogP contribution < -0.4 is 10.2 Å². The van der Waals surface area contributed by atoms with E-state index in [0.717, 1.165) is 63.5 Å². The number of hydrogen-bond acceptors (Lipinski definition) is 5. The Bertz CT molecular complexity index is 516. The van der Waals surface area contributed by atoms with Gasteiger partial charge in [-0.2, -0.15) is 0 Å². The van der Waals surface area contributed by atoms with E-state index in [1.54, 1.807) is 11.3 Å². The van der Waals surface area contributed by atoms with Gasteiger partial charge in [0.25, 0.3) is 0 Å². The van der Waals surface area contributed by atoms with E-state index in [1.807, 2.05) is 11.6 Å². The third kappa shape index (κ3) is 2.52. The molecule has 4 rings (SSSR count). The highest BCUT2D eigenvalue weighted by molar-refractivity contribution is 7.13. The standard InChI is InChI=1S/C16H24N4OS/c21-14(13-2-1-8-20(13)15-18-7-11-22-15)19-9-4-16(5-10-19)3-6-17-12-16/h7,11,13,17H,1-6,8-10,12H2. The molecule has 3 saturated heterocycles. The minimum Gasteiger partial charge on any atom is -0.341 e. The summed E-state index contributed by atoms with van der Waals surface area (Å²) < 4.78 is 0. The highest BCUT2D eigenvalue weighted by Gasteiger charge is 2.41. The maximum Gasteiger partial charge on any atom is 0.245 e. The Morgan fingerprint density at radius 3 is 2.86 bits per heavy atom. The number of thiazole rings is 1. The first-order valence-electron chi connectivity index (χ1n) is 8.43. The molecule has 1 N–H and O–H groups in total. The van der Waals surface area contributed by atoms with Crippen molar-refractivity contribution < 1.29 is 4.79 Å². The average molecular weight is 320 g/mol. The third-order valence-corrected chi connectivity index (χ3v) is 6.48. The van der Waals surface area contributed by atoms with Crippen LogP contribution in [0.5, 0.6) is 0 Å². The summed E-state index contributed by atoms with van der Waals surface area (Å²) in [6.45, 7) is 5.12. The molecular weight excluding hydrogens is 296 g/mol. The predicted octanol–water partition coefficient (Wildman–Crippen LogP) is 1.71. The van der Waals surface area contributed by atoms with Crippen LogP contribution in [0.2, 0.25) is 0 Å². The van der Waals surface area contributed by atoms with Gasteiger partial charge in [0.1, 0.15) is 6.04 Å². The summed E-state index contributed by atoms with van der Waals surface area (Å²) in [5.41, 5.74) is 0.474. The monoisotopic (exact) mass is 320 g/mol. The fraction of sp³-hybridized carbons (Fsp3) is 0.750. The molecule has 1 aromatic rings. The highest BCUT2D eigenvalue weighted by atomic mass is 32.1. The fourth-order valence-electron chi connectivity index (χ4n) is 4.24. The lowest BCUT2D eigenvalue weighted by Crippen LogP contribution is -2.50. The molecular formula is C16H24N4OS. The number of anilines is 1. The zero-order chi connectivity index (χ0) is 15.0. The van der Waals surface area contributed by atoms with Gasteiger partial charge in [-0.1, -0.05) is 0 Å². The molecule has 0 aliphatic carbocycles. The van der Waals surface area contributed by atoms with Gasteiger partial charge in [0.05, 0.1) is 0 Å². The van der Waals surface area contributed by atoms with Crippen LogP contribution in [-0.2, 0) is 4.79 Å². The Kier molecular flexibility index (Phi) is 3.82. The molecule has 22 heavy (non-hydrogen) atoms. The number of nitrogens with one attached hydrogen (secondary N) is 1. The van der Waals surface area contributed by atoms with Gasteiger partial charge in [0.2, 0.25) is 5.91 Å². The molecule has 1 amide bonds. The van der Waals surface area contributed by atoms with E-state index in [1.165, 1.54) is 6.42 Å². The Labute approximate surface area is 135 Å². The Hall–Kier alpha value is -1.14. The van der Waals surface area contributed by atoms with Gasteiger partial charge in [-0.15, -0.1) is 11.3 Å². The molecule has 5 nitrogen and oxygen atoms in total. The van der Waals surface area contributed by atoms with Crippen LogP contribution >= 0.6 is 11.3 Å². The first-order chi connectivity index (χ1) is 10.8. The highest BCUT2D eigenvalue weighted by Crippen LogP contribution is 2.37. The molecule has 1 unspecified atom stereocenters. The number of carbonyl (C=O) groups is 1. The van der Waals surface area contributed by atoms with Gasteiger partial charge in [-0.05, 0) is 44.1 Å². The molecule has 0 radical (unpaired) electrons. The largest absolute Gasteiger partial charge is 0.341 e. The van der Waals surface area contributed by atoms with Crippen molar-refractivity contribution in [2.45, 2.75) is 38.1 Å². The SMILES string of the molecule is O=C(C1CCCN1c1nccs1)N1CCC2(CCNC2)CC1. The third-order valence-electron chi connectivity index (χ3n) is 5.67. The number of likely N-dealkylation sites (tertiary alicyclic amines) is 1. The van der Waals surface area contributed by atoms with Gasteiger partial charge in [0.15, 0.2) is 5.13 Å². The maximum absolute atomic E-state index is 13.0. The Balaban J connectivity index is 1.41. The molecule has 0 bridgehead atoms. The first-order valence-corrected chi connectivity index (χ1v) is 9.31. The molecule has 1 aromatic heterocycles. The predicted molar refractivity (Wildman–Crippen MR) is 88.2 cm³/mol. The van der Waals surface area contributed by atoms with Gasteiger partial charge in [-0.25, -0.2) is 4.98 Å². The lowest BCUT2D eigenvalue weighted by Gasteiger charge is -2.40. The first kappa shape index (κ1) is 14.5. The van der Waals surface area contributed by atoms with Gasteiger partial charge >= 0.3 is 0 Å². The molecule has 0 saturated carbocycles. The smallest absolute Gasteiger partial charge is 0.245 e. The van der Waals surface area contributed by atoms with Gasteiger partial charge in [0, 0.05) is 37.8 Å². The summed E-state index contributed by atoms with van der Waals surface area (Å²) in [4.78, 5) is 21.7. The molecule has 1 spiro atoms. The average Bonchev–Trinajstić information content (AvgIpc) is 3.28. The van der Waals surface area contributed by atoms with E-state index in [2.05, 4.69) is 20.1 Å². The van der Waals surface area contributed by atoms with Crippen LogP contribution in [0.15, 0.2) is 11.6 Å². The van der Waals surface area contributed by atoms with Crippen molar-refractivity contribution in [1.29, 1.82) is 0 Å². The topological polar surface area (TPSA) is 48.5 Å². The number of amides is 1. The van der Waals surface area contributed by atoms with Crippen LogP contribution in [0.4, 0.5) is 5.13 Å². The minimum atomic E-state index is 0.0157. The van der Waals surface area contributed by atoms with E-state index in [4.69, 9.17) is 0 Å². The number of aromatic nitrogens is 1. The number of carbonyl (C=O) groups excluding carboxylic acids is 1. The summed E-state index contributed by atoms with van der Waals surface area (Å²) >= 11 is 1.64. The van der Waals surface area contributed by atoms with E-state index in [-0.39, 0.29) is 6.04 Å². The van der Waals surface area contributed by atoms with Crippen LogP contribution in [0.25, 0.3) is 0 Å². The summed E-state index contributed by atoms with van der Waals surface area (Å²) in [7, 11) is 0. The Morgan fingerprint density at radius 1 is 1.32 bits per heavy atom. The van der Waals surface area contributed by atoms with Crippen molar-refractivity contribution in [3.05, 3.63) is 11.6 Å². The van der Waals surface area contributed by atoms with Crippen LogP contribution in [-0.4, -0.2) is 54.6 Å². The summed E-state index contributed by atoms with van der Waals surface area (Å²) in [5, 5.41) is 6.49. The zero-order valence-electron chi connectivity index (χ0n) is 13.0. The second-order valence-electron chi connectivity index (χ2n) is 6.92. The number of hydrogen-bond donors (Lipinski definition) is 1. The Morgan fingerprint density at radius 2 is 2.18 bits per heavy atom. The lowest BCUT2D eigenvalue weighted by molar-refractivity contribution is -0.134. The van der Waals surface area contributed by atoms with Crippen molar-refractivity contribution in [2.24, 2.45) is 5.41 Å². The van der Waals surface area contributed by atoms with Crippen molar-refractivity contribution in [3.8, 4) is 0 Å². The van der Waals surface area contributed by atoms with E-state index in [9.17, 15) is 4.79 Å². The summed E-state index contributed by atoms with van der Waals surface area (Å²) in [6.07, 6.45) is 7.51. The van der Waals surface area contributed by atoms with E-state index < -0.39 is 0 Å². The molecule has 1 atom stereocenters. The van der Waals surface area contributed by atoms with E-state index >= 15 is 0 Å². The number of rotatable bonds is 2. The number of nitrogens with zero attached hydrogens (tertiary/aromatic N) is 3. The minimum absolute atomic E-state index is 0.0157. The van der Waals surface area contributed by atoms with Gasteiger partial charge in [-0.3, -0.25) is 4.79 Å². The van der Waals surface area contributed by atoms with E-state index in [0.29, 0.717) is 11.3 Å². The molecule has 4 heterocycles. The van der Waals surface area contributed by atoms with Crippen molar-refractivity contribution in [3.63, 3.8) is 0 Å². The summed E-state index contributed by atoms with van der Waals surface area (Å²) in [6, 6.07) is 0.0157. The van der Waals surface area contributed by atoms with Crippen LogP contribution in [0.3, 0.4) is 0 Å². The zero-order valence-corrected chi connectivity index (χ0v) is 13.8. The second kappa shape index (κ2) is 5.81. The lowest BCUT2D eigenvalue weighted by atomic mass is 9.77. The van der Waals surface area contributed by atoms with Gasteiger partial charge < -0.3 is 15.1 Å². The van der Waals surface area contributed by atoms with Crippen LogP contribution in [0, 0.1) is 5.41 Å². The molecule has 3 aliphatic heterocycles. The molecule has 120 valence electrons. The van der Waals surface area contributed by atoms with Crippen molar-refractivity contribution in [1.82, 2.24) is 15.2 Å². The maximum atomic E-state index is 13.0. The second-order valence-corrected chi connectivity index (χ2v) is 7.79. The molecule has 0 aromatic carbocycles. The quantitative estimate of drug-likeness (QED) is 0.901. The molecule has 3 aliphatic rings. The van der Waals surface area contributed by atoms with Crippen molar-refractivity contribution >= 4 is 22.4 Å².